The van der Waals surface area contributed by atoms with E-state index in [2.05, 4.69) is 78.9 Å². The molecule has 0 saturated carbocycles. The number of hydrogen-bond acceptors (Lipinski definition) is 5. The lowest BCUT2D eigenvalue weighted by Gasteiger charge is -2.17. The molecular weight excluding hydrogens is 422 g/mol. The van der Waals surface area contributed by atoms with E-state index in [4.69, 9.17) is 24.4 Å². The quantitative estimate of drug-likeness (QED) is 0.386. The lowest BCUT2D eigenvalue weighted by atomic mass is 10.0. The molecule has 3 aromatic carbocycles. The van der Waals surface area contributed by atoms with Crippen molar-refractivity contribution in [1.82, 2.24) is 0 Å². The number of benzene rings is 3. The van der Waals surface area contributed by atoms with Crippen LogP contribution < -0.4 is 24.4 Å². The summed E-state index contributed by atoms with van der Waals surface area (Å²) in [6.45, 7) is 0. The Morgan fingerprint density at radius 1 is 0.533 bits per heavy atom. The van der Waals surface area contributed by atoms with E-state index in [1.54, 1.807) is 11.3 Å². The highest BCUT2D eigenvalue weighted by atomic mass is 35.7. The van der Waals surface area contributed by atoms with Crippen molar-refractivity contribution >= 4 is 17.0 Å². The van der Waals surface area contributed by atoms with Crippen molar-refractivity contribution in [2.45, 2.75) is 0 Å². The summed E-state index contributed by atoms with van der Waals surface area (Å²) < 4.78 is 34.0. The monoisotopic (exact) mass is 439 g/mol. The Labute approximate surface area is 180 Å². The van der Waals surface area contributed by atoms with Crippen molar-refractivity contribution in [2.75, 3.05) is 5.73 Å². The molecule has 2 N–H and O–H groups in total. The Morgan fingerprint density at radius 2 is 0.933 bits per heavy atom. The number of hydrogen-bond donors (Lipinski definition) is 1. The molecule has 0 aliphatic carbocycles. The molecule has 0 unspecified atom stereocenters. The fraction of sp³-hybridized carbons (Fsp3) is 0. The molecule has 4 rings (SSSR count). The van der Waals surface area contributed by atoms with Gasteiger partial charge in [0.1, 0.15) is 0 Å². The van der Waals surface area contributed by atoms with Crippen molar-refractivity contribution in [3.63, 3.8) is 0 Å². The second kappa shape index (κ2) is 9.77. The first-order valence-corrected chi connectivity index (χ1v) is 10.9. The maximum atomic E-state index is 8.49. The van der Waals surface area contributed by atoms with Crippen LogP contribution in [-0.2, 0) is 0 Å². The number of nitrogen functional groups attached to an aromatic ring is 1. The molecule has 30 heavy (non-hydrogen) atoms. The van der Waals surface area contributed by atoms with Crippen LogP contribution in [-0.4, -0.2) is 0 Å². The van der Waals surface area contributed by atoms with Crippen LogP contribution in [0, 0.1) is 10.2 Å². The molecule has 0 aliphatic rings. The summed E-state index contributed by atoms with van der Waals surface area (Å²) >= 11 is 1.80. The van der Waals surface area contributed by atoms with Gasteiger partial charge in [0, 0.05) is 28.9 Å². The van der Waals surface area contributed by atoms with E-state index in [9.17, 15) is 0 Å². The van der Waals surface area contributed by atoms with Gasteiger partial charge in [0.2, 0.25) is 21.1 Å². The Morgan fingerprint density at radius 3 is 1.40 bits per heavy atom. The van der Waals surface area contributed by atoms with Crippen LogP contribution in [0.4, 0.5) is 5.69 Å². The lowest BCUT2D eigenvalue weighted by Crippen LogP contribution is -2.68. The van der Waals surface area contributed by atoms with Crippen molar-refractivity contribution in [1.29, 1.82) is 0 Å². The minimum Gasteiger partial charge on any atom is -0.399 e. The maximum Gasteiger partial charge on any atom is 0.239 e. The van der Waals surface area contributed by atoms with Gasteiger partial charge in [0.15, 0.2) is 0 Å². The Balaban J connectivity index is 0.000000461. The molecule has 0 aliphatic heterocycles. The molecule has 7 heteroatoms. The highest BCUT2D eigenvalue weighted by Gasteiger charge is 2.19. The molecule has 0 radical (unpaired) electrons. The average molecular weight is 440 g/mol. The molecule has 4 aromatic rings. The van der Waals surface area contributed by atoms with Crippen molar-refractivity contribution < 1.29 is 28.9 Å². The molecule has 0 saturated heterocycles. The molecular formula is C23H18ClNO4S. The van der Waals surface area contributed by atoms with Gasteiger partial charge in [-0.3, -0.25) is 0 Å². The van der Waals surface area contributed by atoms with Crippen LogP contribution in [0.15, 0.2) is 97.1 Å². The second-order valence-corrected chi connectivity index (χ2v) is 8.15. The molecule has 1 heterocycles. The van der Waals surface area contributed by atoms with E-state index < -0.39 is 10.2 Å². The number of rotatable bonds is 3. The van der Waals surface area contributed by atoms with Gasteiger partial charge in [-0.2, -0.15) is 0 Å². The highest BCUT2D eigenvalue weighted by molar-refractivity contribution is 7.18. The summed E-state index contributed by atoms with van der Waals surface area (Å²) in [5, 5.41) is 0. The first-order chi connectivity index (χ1) is 14.3. The zero-order valence-corrected chi connectivity index (χ0v) is 17.3. The van der Waals surface area contributed by atoms with Gasteiger partial charge in [0.05, 0.1) is 0 Å². The molecule has 0 bridgehead atoms. The van der Waals surface area contributed by atoms with Gasteiger partial charge >= 0.3 is 0 Å². The third-order valence-corrected chi connectivity index (χ3v) is 5.30. The Kier molecular flexibility index (Phi) is 7.12. The largest absolute Gasteiger partial charge is 0.399 e. The zero-order valence-electron chi connectivity index (χ0n) is 15.7. The molecule has 0 amide bonds. The van der Waals surface area contributed by atoms with Gasteiger partial charge in [0.25, 0.3) is 0 Å². The first kappa shape index (κ1) is 21.9. The predicted octanol–water partition coefficient (Wildman–Crippen LogP) is 1.86. The molecule has 152 valence electrons. The van der Waals surface area contributed by atoms with E-state index in [1.807, 2.05) is 18.2 Å². The van der Waals surface area contributed by atoms with E-state index in [-0.39, 0.29) is 0 Å². The van der Waals surface area contributed by atoms with Crippen molar-refractivity contribution in [3.8, 4) is 32.0 Å². The first-order valence-electron chi connectivity index (χ1n) is 8.86. The van der Waals surface area contributed by atoms with Crippen molar-refractivity contribution in [3.05, 3.63) is 97.1 Å². The summed E-state index contributed by atoms with van der Waals surface area (Å²) in [6, 6.07) is 33.7. The van der Waals surface area contributed by atoms with Gasteiger partial charge < -0.3 is 5.73 Å². The van der Waals surface area contributed by atoms with Crippen LogP contribution in [0.25, 0.3) is 32.0 Å². The smallest absolute Gasteiger partial charge is 0.239 e. The normalized spacial score (nSPS) is 10.8. The average Bonchev–Trinajstić information content (AvgIpc) is 2.74. The minimum absolute atomic E-state index is 0.788. The van der Waals surface area contributed by atoms with Crippen molar-refractivity contribution in [2.24, 2.45) is 0 Å². The Hall–Kier alpha value is -2.84. The minimum atomic E-state index is -4.94. The van der Waals surface area contributed by atoms with Crippen LogP contribution >= 0.6 is 11.3 Å². The summed E-state index contributed by atoms with van der Waals surface area (Å²) in [7, 11) is -4.94. The van der Waals surface area contributed by atoms with Gasteiger partial charge in [-0.1, -0.05) is 48.5 Å². The van der Waals surface area contributed by atoms with E-state index in [0.717, 1.165) is 5.69 Å². The topological polar surface area (TPSA) is 118 Å². The fourth-order valence-corrected chi connectivity index (χ4v) is 3.95. The number of halogens is 1. The highest BCUT2D eigenvalue weighted by Crippen LogP contribution is 2.37. The van der Waals surface area contributed by atoms with Crippen LogP contribution in [0.1, 0.15) is 0 Å². The number of nitrogens with two attached hydrogens (primary N) is 1. The van der Waals surface area contributed by atoms with Crippen LogP contribution in [0.2, 0.25) is 0 Å². The van der Waals surface area contributed by atoms with E-state index in [0.29, 0.717) is 0 Å². The molecule has 0 atom stereocenters. The third-order valence-electron chi connectivity index (χ3n) is 4.15. The predicted molar refractivity (Wildman–Crippen MR) is 109 cm³/mol. The lowest BCUT2D eigenvalue weighted by molar-refractivity contribution is -2.00. The third kappa shape index (κ3) is 6.60. The number of anilines is 1. The standard InChI is InChI=1S/C23H18NS.ClHO4/c24-21-13-11-19(12-14-21)23-16-20(17-7-3-1-4-8-17)15-22(25-23)18-9-5-2-6-10-18;2-1(3,4)5/h1-16H,24H2;(H,2,3,4,5)/q+1;/p-1. The summed E-state index contributed by atoms with van der Waals surface area (Å²) in [5.74, 6) is 0. The van der Waals surface area contributed by atoms with Crippen LogP contribution in [0.5, 0.6) is 0 Å². The molecule has 1 aromatic heterocycles. The molecule has 0 spiro atoms. The molecule has 0 fully saturated rings. The second-order valence-electron chi connectivity index (χ2n) is 6.31. The SMILES string of the molecule is Nc1ccc(-c2cc(-c3ccccc3)cc(-c3ccccc3)[s+]2)cc1.[O-][Cl+3]([O-])([O-])[O-]. The van der Waals surface area contributed by atoms with E-state index in [1.165, 1.54) is 32.0 Å². The Bertz CT molecular complexity index is 1020. The van der Waals surface area contributed by atoms with E-state index >= 15 is 0 Å². The maximum absolute atomic E-state index is 8.49. The summed E-state index contributed by atoms with van der Waals surface area (Å²) in [5.41, 5.74) is 11.5. The van der Waals surface area contributed by atoms with Gasteiger partial charge in [-0.25, -0.2) is 18.6 Å². The van der Waals surface area contributed by atoms with Gasteiger partial charge in [-0.15, -0.1) is 10.2 Å². The summed E-state index contributed by atoms with van der Waals surface area (Å²) in [6.07, 6.45) is 0. The molecule has 5 nitrogen and oxygen atoms in total. The fourth-order valence-electron chi connectivity index (χ4n) is 2.83. The van der Waals surface area contributed by atoms with Gasteiger partial charge in [-0.05, 0) is 47.5 Å². The summed E-state index contributed by atoms with van der Waals surface area (Å²) in [4.78, 5) is 2.49. The zero-order chi connectivity index (χ0) is 21.6. The van der Waals surface area contributed by atoms with Crippen LogP contribution in [0.3, 0.4) is 0 Å².